The fourth-order valence-corrected chi connectivity index (χ4v) is 2.32. The van der Waals surface area contributed by atoms with Gasteiger partial charge in [0.2, 0.25) is 0 Å². The van der Waals surface area contributed by atoms with Crippen molar-refractivity contribution in [3.05, 3.63) is 28.8 Å². The Labute approximate surface area is 128 Å². The first kappa shape index (κ1) is 17.9. The minimum absolute atomic E-state index is 0. The highest BCUT2D eigenvalue weighted by Crippen LogP contribution is 2.36. The molecule has 2 rings (SSSR count). The summed E-state index contributed by atoms with van der Waals surface area (Å²) in [7, 11) is 0. The predicted octanol–water partition coefficient (Wildman–Crippen LogP) is 1.76. The van der Waals surface area contributed by atoms with Crippen LogP contribution in [0.15, 0.2) is 12.1 Å². The van der Waals surface area contributed by atoms with Crippen LogP contribution in [-0.2, 0) is 11.2 Å². The lowest BCUT2D eigenvalue weighted by atomic mass is 9.90. The van der Waals surface area contributed by atoms with E-state index in [0.717, 1.165) is 16.7 Å². The molecule has 0 unspecified atom stereocenters. The van der Waals surface area contributed by atoms with Gasteiger partial charge in [-0.2, -0.15) is 0 Å². The Kier molecular flexibility index (Phi) is 7.39. The van der Waals surface area contributed by atoms with Crippen molar-refractivity contribution in [3.8, 4) is 5.75 Å². The second-order valence-corrected chi connectivity index (χ2v) is 4.22. The molecule has 5 N–H and O–H groups in total. The first-order valence-corrected chi connectivity index (χ1v) is 5.54. The molecule has 1 aromatic rings. The van der Waals surface area contributed by atoms with Crippen LogP contribution >= 0.6 is 34.0 Å². The van der Waals surface area contributed by atoms with E-state index < -0.39 is 0 Å². The third kappa shape index (κ3) is 3.24. The molecule has 0 aromatic heterocycles. The Morgan fingerprint density at radius 3 is 2.50 bits per heavy atom. The van der Waals surface area contributed by atoms with Crippen LogP contribution in [0.2, 0.25) is 0 Å². The second-order valence-electron chi connectivity index (χ2n) is 4.22. The lowest BCUT2D eigenvalue weighted by molar-refractivity contribution is -0.0163. The Balaban J connectivity index is 0.00000144. The molecule has 1 aliphatic heterocycles. The summed E-state index contributed by atoms with van der Waals surface area (Å²) < 4.78 is 5.79. The number of aromatic hydroxyl groups is 1. The van der Waals surface area contributed by atoms with Crippen LogP contribution in [0.4, 0.5) is 0 Å². The Hall–Kier alpha value is -0.140. The summed E-state index contributed by atoms with van der Waals surface area (Å²) in [6.07, 6.45) is 0.466. The molecule has 1 aromatic carbocycles. The number of halogens is 2. The molecule has 1 aliphatic rings. The fraction of sp³-hybridized carbons (Fsp3) is 0.500. The second kappa shape index (κ2) is 7.45. The normalized spacial score (nSPS) is 21.5. The van der Waals surface area contributed by atoms with Crippen molar-refractivity contribution in [2.24, 2.45) is 11.5 Å². The number of fused-ring (bicyclic) bond motifs is 1. The summed E-state index contributed by atoms with van der Waals surface area (Å²) in [5.41, 5.74) is 14.4. The van der Waals surface area contributed by atoms with Crippen LogP contribution in [0.5, 0.6) is 5.75 Å². The van der Waals surface area contributed by atoms with Crippen molar-refractivity contribution in [1.82, 2.24) is 0 Å². The summed E-state index contributed by atoms with van der Waals surface area (Å²) in [6, 6.07) is 3.61. The van der Waals surface area contributed by atoms with Gasteiger partial charge in [-0.3, -0.25) is 0 Å². The first-order valence-electron chi connectivity index (χ1n) is 5.54. The van der Waals surface area contributed by atoms with Gasteiger partial charge in [0.15, 0.2) is 0 Å². The molecule has 0 fully saturated rings. The van der Waals surface area contributed by atoms with E-state index in [2.05, 4.69) is 0 Å². The van der Waals surface area contributed by atoms with E-state index in [9.17, 15) is 5.11 Å². The number of ether oxygens (including phenoxy) is 1. The molecule has 0 saturated heterocycles. The molecule has 0 aliphatic carbocycles. The number of rotatable bonds is 2. The Morgan fingerprint density at radius 2 is 1.94 bits per heavy atom. The maximum Gasteiger partial charge on any atom is 0.119 e. The zero-order valence-electron chi connectivity index (χ0n) is 10.3. The maximum atomic E-state index is 9.87. The van der Waals surface area contributed by atoms with Crippen molar-refractivity contribution in [3.63, 3.8) is 0 Å². The average molecular weight is 384 g/mol. The Bertz CT molecular complexity index is 402. The van der Waals surface area contributed by atoms with E-state index >= 15 is 0 Å². The highest BCUT2D eigenvalue weighted by atomic mass is 79.9. The van der Waals surface area contributed by atoms with Gasteiger partial charge in [-0.1, -0.05) is 6.07 Å². The SMILES string of the molecule is Br.Br.Cc1ccc(O)c2c1[C@H](CN)O[C@H](CN)C2. The van der Waals surface area contributed by atoms with Gasteiger partial charge in [-0.05, 0) is 24.1 Å². The Morgan fingerprint density at radius 1 is 1.28 bits per heavy atom. The van der Waals surface area contributed by atoms with Crippen LogP contribution in [-0.4, -0.2) is 24.3 Å². The number of phenolic OH excluding ortho intramolecular Hbond substituents is 1. The molecule has 6 heteroatoms. The standard InChI is InChI=1S/C12H18N2O2.2BrH/c1-7-2-3-10(15)9-4-8(5-13)16-11(6-14)12(7)9;;/h2-3,8,11,15H,4-6,13-14H2,1H3;2*1H/t8-,11-;;/m0../s1. The van der Waals surface area contributed by atoms with Gasteiger partial charge in [0.25, 0.3) is 0 Å². The molecule has 104 valence electrons. The smallest absolute Gasteiger partial charge is 0.119 e. The topological polar surface area (TPSA) is 81.5 Å². The molecule has 2 atom stereocenters. The van der Waals surface area contributed by atoms with Gasteiger partial charge in [0, 0.05) is 25.1 Å². The summed E-state index contributed by atoms with van der Waals surface area (Å²) in [4.78, 5) is 0. The number of aryl methyl sites for hydroxylation is 1. The molecular formula is C12H20Br2N2O2. The van der Waals surface area contributed by atoms with E-state index in [1.54, 1.807) is 6.07 Å². The number of phenols is 1. The fourth-order valence-electron chi connectivity index (χ4n) is 2.32. The van der Waals surface area contributed by atoms with Crippen LogP contribution in [0.3, 0.4) is 0 Å². The highest BCUT2D eigenvalue weighted by Gasteiger charge is 2.29. The summed E-state index contributed by atoms with van der Waals surface area (Å²) in [5.74, 6) is 0.320. The predicted molar refractivity (Wildman–Crippen MR) is 82.9 cm³/mol. The van der Waals surface area contributed by atoms with Gasteiger partial charge in [0.05, 0.1) is 12.2 Å². The number of hydrogen-bond donors (Lipinski definition) is 3. The molecule has 0 bridgehead atoms. The van der Waals surface area contributed by atoms with Crippen molar-refractivity contribution < 1.29 is 9.84 Å². The summed E-state index contributed by atoms with van der Waals surface area (Å²) in [6.45, 7) is 2.87. The van der Waals surface area contributed by atoms with Crippen molar-refractivity contribution in [1.29, 1.82) is 0 Å². The van der Waals surface area contributed by atoms with E-state index in [1.165, 1.54) is 0 Å². The average Bonchev–Trinajstić information content (AvgIpc) is 2.32. The van der Waals surface area contributed by atoms with E-state index in [0.29, 0.717) is 25.3 Å². The van der Waals surface area contributed by atoms with Crippen LogP contribution in [0, 0.1) is 6.92 Å². The number of hydrogen-bond acceptors (Lipinski definition) is 4. The summed E-state index contributed by atoms with van der Waals surface area (Å²) >= 11 is 0. The molecule has 1 heterocycles. The monoisotopic (exact) mass is 382 g/mol. The van der Waals surface area contributed by atoms with Gasteiger partial charge < -0.3 is 21.3 Å². The van der Waals surface area contributed by atoms with Crippen molar-refractivity contribution >= 4 is 34.0 Å². The van der Waals surface area contributed by atoms with Gasteiger partial charge >= 0.3 is 0 Å². The third-order valence-electron chi connectivity index (χ3n) is 3.14. The van der Waals surface area contributed by atoms with Crippen LogP contribution in [0.25, 0.3) is 0 Å². The summed E-state index contributed by atoms with van der Waals surface area (Å²) in [5, 5.41) is 9.87. The molecule has 4 nitrogen and oxygen atoms in total. The third-order valence-corrected chi connectivity index (χ3v) is 3.14. The van der Waals surface area contributed by atoms with Gasteiger partial charge in [-0.25, -0.2) is 0 Å². The largest absolute Gasteiger partial charge is 0.508 e. The van der Waals surface area contributed by atoms with Gasteiger partial charge in [0.1, 0.15) is 5.75 Å². The van der Waals surface area contributed by atoms with E-state index in [1.807, 2.05) is 13.0 Å². The van der Waals surface area contributed by atoms with Crippen molar-refractivity contribution in [2.45, 2.75) is 25.6 Å². The van der Waals surface area contributed by atoms with Crippen molar-refractivity contribution in [2.75, 3.05) is 13.1 Å². The molecule has 0 amide bonds. The molecule has 18 heavy (non-hydrogen) atoms. The van der Waals surface area contributed by atoms with E-state index in [4.69, 9.17) is 16.2 Å². The highest BCUT2D eigenvalue weighted by molar-refractivity contribution is 8.93. The van der Waals surface area contributed by atoms with Crippen LogP contribution < -0.4 is 11.5 Å². The maximum absolute atomic E-state index is 9.87. The molecule has 0 spiro atoms. The minimum atomic E-state index is -0.149. The number of benzene rings is 1. The van der Waals surface area contributed by atoms with Crippen LogP contribution in [0.1, 0.15) is 22.8 Å². The zero-order chi connectivity index (χ0) is 11.7. The lowest BCUT2D eigenvalue weighted by Crippen LogP contribution is -2.35. The molecular weight excluding hydrogens is 364 g/mol. The quantitative estimate of drug-likeness (QED) is 0.726. The lowest BCUT2D eigenvalue weighted by Gasteiger charge is -2.32. The zero-order valence-corrected chi connectivity index (χ0v) is 13.7. The first-order chi connectivity index (χ1) is 7.67. The molecule has 0 radical (unpaired) electrons. The van der Waals surface area contributed by atoms with E-state index in [-0.39, 0.29) is 46.2 Å². The minimum Gasteiger partial charge on any atom is -0.508 e. The van der Waals surface area contributed by atoms with Gasteiger partial charge in [-0.15, -0.1) is 34.0 Å². The molecule has 0 saturated carbocycles. The number of nitrogens with two attached hydrogens (primary N) is 2.